The summed E-state index contributed by atoms with van der Waals surface area (Å²) in [7, 11) is 0. The first-order chi connectivity index (χ1) is 25.2. The van der Waals surface area contributed by atoms with Crippen LogP contribution in [-0.4, -0.2) is 15.0 Å². The Bertz CT molecular complexity index is 3150. The minimum Gasteiger partial charge on any atom is -0.208 e. The Morgan fingerprint density at radius 3 is 1.35 bits per heavy atom. The fourth-order valence-corrected chi connectivity index (χ4v) is 10.9. The van der Waals surface area contributed by atoms with Gasteiger partial charge in [-0.25, -0.2) is 15.0 Å². The third kappa shape index (κ3) is 4.65. The fraction of sp³-hybridized carbons (Fsp3) is 0. The van der Waals surface area contributed by atoms with Crippen LogP contribution in [0.1, 0.15) is 0 Å². The Kier molecular flexibility index (Phi) is 6.46. The molecule has 0 amide bonds. The summed E-state index contributed by atoms with van der Waals surface area (Å²) in [6, 6.07) is 54.2. The van der Waals surface area contributed by atoms with Gasteiger partial charge in [0.25, 0.3) is 0 Å². The first-order valence-electron chi connectivity index (χ1n) is 16.8. The van der Waals surface area contributed by atoms with Crippen molar-refractivity contribution in [3.63, 3.8) is 0 Å². The van der Waals surface area contributed by atoms with E-state index in [0.29, 0.717) is 17.5 Å². The van der Waals surface area contributed by atoms with Crippen LogP contribution in [0.15, 0.2) is 152 Å². The summed E-state index contributed by atoms with van der Waals surface area (Å²) in [5.74, 6) is 2.01. The number of thiophene rings is 3. The van der Waals surface area contributed by atoms with Crippen LogP contribution in [0, 0.1) is 0 Å². The summed E-state index contributed by atoms with van der Waals surface area (Å²) in [5, 5.41) is 7.59. The average Bonchev–Trinajstić information content (AvgIpc) is 3.89. The molecule has 11 aromatic rings. The summed E-state index contributed by atoms with van der Waals surface area (Å²) < 4.78 is 7.75. The van der Waals surface area contributed by atoms with Crippen molar-refractivity contribution in [2.45, 2.75) is 0 Å². The Morgan fingerprint density at radius 2 is 0.725 bits per heavy atom. The second-order valence-electron chi connectivity index (χ2n) is 12.8. The molecule has 0 fully saturated rings. The topological polar surface area (TPSA) is 38.7 Å². The molecule has 238 valence electrons. The first-order valence-corrected chi connectivity index (χ1v) is 19.3. The number of hydrogen-bond donors (Lipinski definition) is 0. The zero-order chi connectivity index (χ0) is 33.5. The molecule has 0 aliphatic heterocycles. The van der Waals surface area contributed by atoms with Gasteiger partial charge >= 0.3 is 0 Å². The number of hydrogen-bond acceptors (Lipinski definition) is 6. The molecule has 0 N–H and O–H groups in total. The predicted molar refractivity (Wildman–Crippen MR) is 220 cm³/mol. The zero-order valence-electron chi connectivity index (χ0n) is 27.0. The zero-order valence-corrected chi connectivity index (χ0v) is 29.4. The van der Waals surface area contributed by atoms with E-state index in [4.69, 9.17) is 15.0 Å². The van der Waals surface area contributed by atoms with E-state index in [1.807, 2.05) is 52.2 Å². The molecule has 4 aromatic heterocycles. The first kappa shape index (κ1) is 29.0. The van der Waals surface area contributed by atoms with E-state index in [-0.39, 0.29) is 0 Å². The van der Waals surface area contributed by atoms with Gasteiger partial charge in [-0.1, -0.05) is 103 Å². The van der Waals surface area contributed by atoms with E-state index < -0.39 is 0 Å². The Hall–Kier alpha value is -5.79. The summed E-state index contributed by atoms with van der Waals surface area (Å²) in [6.45, 7) is 0. The van der Waals surface area contributed by atoms with Crippen molar-refractivity contribution in [2.75, 3.05) is 0 Å². The summed E-state index contributed by atoms with van der Waals surface area (Å²) in [5.41, 5.74) is 5.48. The number of fused-ring (bicyclic) bond motifs is 9. The summed E-state index contributed by atoms with van der Waals surface area (Å²) in [4.78, 5) is 15.3. The Balaban J connectivity index is 1.09. The maximum atomic E-state index is 5.15. The smallest absolute Gasteiger partial charge is 0.164 e. The maximum absolute atomic E-state index is 5.15. The molecule has 7 aromatic carbocycles. The highest BCUT2D eigenvalue weighted by Crippen LogP contribution is 2.46. The monoisotopic (exact) mass is 703 g/mol. The van der Waals surface area contributed by atoms with Crippen LogP contribution in [0.5, 0.6) is 0 Å². The van der Waals surface area contributed by atoms with Gasteiger partial charge in [0, 0.05) is 88.3 Å². The lowest BCUT2D eigenvalue weighted by molar-refractivity contribution is 1.08. The van der Waals surface area contributed by atoms with E-state index in [0.717, 1.165) is 16.7 Å². The molecule has 4 heterocycles. The second kappa shape index (κ2) is 11.4. The van der Waals surface area contributed by atoms with Crippen molar-refractivity contribution in [1.29, 1.82) is 0 Å². The van der Waals surface area contributed by atoms with E-state index in [1.54, 1.807) is 0 Å². The summed E-state index contributed by atoms with van der Waals surface area (Å²) >= 11 is 5.56. The van der Waals surface area contributed by atoms with E-state index in [1.165, 1.54) is 71.6 Å². The molecule has 3 nitrogen and oxygen atoms in total. The molecule has 51 heavy (non-hydrogen) atoms. The van der Waals surface area contributed by atoms with Crippen LogP contribution in [0.3, 0.4) is 0 Å². The van der Waals surface area contributed by atoms with Gasteiger partial charge < -0.3 is 0 Å². The largest absolute Gasteiger partial charge is 0.208 e. The van der Waals surface area contributed by atoms with Crippen molar-refractivity contribution < 1.29 is 0 Å². The minimum absolute atomic E-state index is 0.667. The van der Waals surface area contributed by atoms with Crippen LogP contribution >= 0.6 is 34.0 Å². The van der Waals surface area contributed by atoms with Crippen molar-refractivity contribution >= 4 is 94.5 Å². The van der Waals surface area contributed by atoms with Crippen LogP contribution < -0.4 is 0 Å². The van der Waals surface area contributed by atoms with E-state index in [9.17, 15) is 0 Å². The van der Waals surface area contributed by atoms with Gasteiger partial charge in [0.15, 0.2) is 17.5 Å². The SMILES string of the molecule is c1ccc(-c2nc(-c3ccc4sc5ccccc5c4c3)nc(-c3ccc4sc5c(-c6cccc7c6sc6ccccc67)cccc5c4c3)n2)cc1. The molecule has 0 bridgehead atoms. The molecule has 0 radical (unpaired) electrons. The molecule has 0 saturated heterocycles. The lowest BCUT2D eigenvalue weighted by atomic mass is 10.00. The van der Waals surface area contributed by atoms with Crippen LogP contribution in [-0.2, 0) is 0 Å². The van der Waals surface area contributed by atoms with Gasteiger partial charge in [-0.15, -0.1) is 34.0 Å². The van der Waals surface area contributed by atoms with Crippen molar-refractivity contribution in [3.05, 3.63) is 152 Å². The van der Waals surface area contributed by atoms with Crippen molar-refractivity contribution in [1.82, 2.24) is 15.0 Å². The molecule has 0 atom stereocenters. The molecule has 0 unspecified atom stereocenters. The van der Waals surface area contributed by atoms with E-state index >= 15 is 0 Å². The highest BCUT2D eigenvalue weighted by atomic mass is 32.1. The highest BCUT2D eigenvalue weighted by molar-refractivity contribution is 7.27. The third-order valence-corrected chi connectivity index (χ3v) is 13.3. The van der Waals surface area contributed by atoms with Crippen LogP contribution in [0.25, 0.3) is 106 Å². The Labute approximate surface area is 304 Å². The maximum Gasteiger partial charge on any atom is 0.164 e. The van der Waals surface area contributed by atoms with Gasteiger partial charge in [0.1, 0.15) is 0 Å². The minimum atomic E-state index is 0.667. The average molecular weight is 704 g/mol. The number of nitrogens with zero attached hydrogens (tertiary/aromatic N) is 3. The molecule has 11 rings (SSSR count). The summed E-state index contributed by atoms with van der Waals surface area (Å²) in [6.07, 6.45) is 0. The van der Waals surface area contributed by atoms with Gasteiger partial charge in [-0.3, -0.25) is 0 Å². The number of aromatic nitrogens is 3. The normalized spacial score (nSPS) is 11.9. The standard InChI is InChI=1S/C45H25N3S3/c1-2-10-26(11-3-1)43-46-44(27-20-22-39-35(24-27)30-13-5-6-18-37(30)49-39)48-45(47-43)28-21-23-40-36(25-28)34-17-9-16-33(42(34)51-40)32-15-8-14-31-29-12-4-7-19-38(29)50-41(31)32/h1-25H. The lowest BCUT2D eigenvalue weighted by Gasteiger charge is -2.09. The number of benzene rings is 7. The molecular weight excluding hydrogens is 679 g/mol. The van der Waals surface area contributed by atoms with Crippen LogP contribution in [0.4, 0.5) is 0 Å². The molecule has 0 aliphatic carbocycles. The van der Waals surface area contributed by atoms with Gasteiger partial charge in [-0.05, 0) is 48.5 Å². The van der Waals surface area contributed by atoms with Crippen molar-refractivity contribution in [2.24, 2.45) is 0 Å². The molecule has 0 spiro atoms. The molecular formula is C45H25N3S3. The van der Waals surface area contributed by atoms with E-state index in [2.05, 4.69) is 133 Å². The number of rotatable bonds is 4. The van der Waals surface area contributed by atoms with Crippen LogP contribution in [0.2, 0.25) is 0 Å². The molecule has 0 saturated carbocycles. The third-order valence-electron chi connectivity index (χ3n) is 9.75. The lowest BCUT2D eigenvalue weighted by Crippen LogP contribution is -2.00. The van der Waals surface area contributed by atoms with Crippen molar-refractivity contribution in [3.8, 4) is 45.3 Å². The predicted octanol–water partition coefficient (Wildman–Crippen LogP) is 13.6. The highest BCUT2D eigenvalue weighted by Gasteiger charge is 2.18. The molecule has 0 aliphatic rings. The van der Waals surface area contributed by atoms with Gasteiger partial charge in [0.2, 0.25) is 0 Å². The second-order valence-corrected chi connectivity index (χ2v) is 15.9. The van der Waals surface area contributed by atoms with Gasteiger partial charge in [0.05, 0.1) is 0 Å². The Morgan fingerprint density at radius 1 is 0.294 bits per heavy atom. The molecule has 6 heteroatoms. The quantitative estimate of drug-likeness (QED) is 0.183. The fourth-order valence-electron chi connectivity index (χ4n) is 7.32. The van der Waals surface area contributed by atoms with Gasteiger partial charge in [-0.2, -0.15) is 0 Å².